The van der Waals surface area contributed by atoms with Gasteiger partial charge in [0.15, 0.2) is 23.2 Å². The van der Waals surface area contributed by atoms with Crippen LogP contribution < -0.4 is 10.4 Å². The third-order valence-corrected chi connectivity index (χ3v) is 3.77. The summed E-state index contributed by atoms with van der Waals surface area (Å²) in [5.74, 6) is -0.864. The van der Waals surface area contributed by atoms with Crippen LogP contribution in [0.5, 0.6) is 0 Å². The van der Waals surface area contributed by atoms with Gasteiger partial charge in [-0.3, -0.25) is 4.57 Å². The lowest BCUT2D eigenvalue weighted by molar-refractivity contribution is -0.305. The fourth-order valence-corrected chi connectivity index (χ4v) is 2.56. The second kappa shape index (κ2) is 6.65. The van der Waals surface area contributed by atoms with Crippen molar-refractivity contribution in [2.24, 2.45) is 0 Å². The molecule has 0 spiro atoms. The SMILES string of the molecule is O=C([O-])CCNc1ncnc2c1ncn2[C@@H]1O[C@@H](CO)[C@@H](O)[C@@H]1O. The van der Waals surface area contributed by atoms with Crippen molar-refractivity contribution < 1.29 is 30.0 Å². The molecule has 0 bridgehead atoms. The van der Waals surface area contributed by atoms with Crippen LogP contribution in [0.1, 0.15) is 12.6 Å². The minimum atomic E-state index is -1.26. The molecule has 0 amide bonds. The Kier molecular flexibility index (Phi) is 4.57. The van der Waals surface area contributed by atoms with Gasteiger partial charge < -0.3 is 35.3 Å². The lowest BCUT2D eigenvalue weighted by Gasteiger charge is -2.16. The molecule has 1 saturated heterocycles. The number of anilines is 1. The van der Waals surface area contributed by atoms with Crippen molar-refractivity contribution in [2.75, 3.05) is 18.5 Å². The Hall–Kier alpha value is -2.34. The van der Waals surface area contributed by atoms with Gasteiger partial charge in [-0.2, -0.15) is 0 Å². The van der Waals surface area contributed by atoms with Crippen molar-refractivity contribution in [1.82, 2.24) is 19.5 Å². The van der Waals surface area contributed by atoms with E-state index < -0.39 is 37.1 Å². The predicted octanol–water partition coefficient (Wildman–Crippen LogP) is -3.01. The third kappa shape index (κ3) is 2.89. The summed E-state index contributed by atoms with van der Waals surface area (Å²) in [4.78, 5) is 22.7. The minimum absolute atomic E-state index is 0.106. The molecule has 4 N–H and O–H groups in total. The first-order chi connectivity index (χ1) is 11.5. The van der Waals surface area contributed by atoms with E-state index in [1.165, 1.54) is 17.2 Å². The lowest BCUT2D eigenvalue weighted by atomic mass is 10.1. The highest BCUT2D eigenvalue weighted by Gasteiger charge is 2.44. The van der Waals surface area contributed by atoms with E-state index in [9.17, 15) is 20.1 Å². The van der Waals surface area contributed by atoms with E-state index in [1.807, 2.05) is 0 Å². The molecule has 130 valence electrons. The number of carbonyl (C=O) groups is 1. The number of aromatic nitrogens is 4. The molecule has 3 heterocycles. The highest BCUT2D eigenvalue weighted by atomic mass is 16.6. The average molecular weight is 338 g/mol. The van der Waals surface area contributed by atoms with Gasteiger partial charge >= 0.3 is 0 Å². The van der Waals surface area contributed by atoms with E-state index >= 15 is 0 Å². The first kappa shape index (κ1) is 16.5. The van der Waals surface area contributed by atoms with Crippen LogP contribution in [0.3, 0.4) is 0 Å². The topological polar surface area (TPSA) is 166 Å². The number of nitrogens with zero attached hydrogens (tertiary/aromatic N) is 4. The number of carboxylic acids is 1. The van der Waals surface area contributed by atoms with Crippen LogP contribution in [0.2, 0.25) is 0 Å². The zero-order valence-corrected chi connectivity index (χ0v) is 12.4. The van der Waals surface area contributed by atoms with Crippen LogP contribution in [0, 0.1) is 0 Å². The van der Waals surface area contributed by atoms with Crippen LogP contribution in [0.4, 0.5) is 5.82 Å². The van der Waals surface area contributed by atoms with Crippen molar-refractivity contribution in [3.8, 4) is 0 Å². The third-order valence-electron chi connectivity index (χ3n) is 3.77. The zero-order chi connectivity index (χ0) is 17.3. The Balaban J connectivity index is 1.87. The van der Waals surface area contributed by atoms with E-state index in [1.54, 1.807) is 0 Å². The fraction of sp³-hybridized carbons (Fsp3) is 0.538. The summed E-state index contributed by atoms with van der Waals surface area (Å²) in [6, 6.07) is 0. The predicted molar refractivity (Wildman–Crippen MR) is 76.4 cm³/mol. The number of ether oxygens (including phenoxy) is 1. The number of hydrogen-bond donors (Lipinski definition) is 4. The van der Waals surface area contributed by atoms with Crippen molar-refractivity contribution in [1.29, 1.82) is 0 Å². The summed E-state index contributed by atoms with van der Waals surface area (Å²) in [5.41, 5.74) is 0.685. The number of aliphatic hydroxyl groups is 3. The highest BCUT2D eigenvalue weighted by molar-refractivity contribution is 5.82. The van der Waals surface area contributed by atoms with Crippen LogP contribution in [0.25, 0.3) is 11.2 Å². The van der Waals surface area contributed by atoms with Gasteiger partial charge in [-0.15, -0.1) is 0 Å². The van der Waals surface area contributed by atoms with Gasteiger partial charge in [0.1, 0.15) is 24.6 Å². The largest absolute Gasteiger partial charge is 0.550 e. The van der Waals surface area contributed by atoms with Crippen LogP contribution >= 0.6 is 0 Å². The van der Waals surface area contributed by atoms with Gasteiger partial charge in [0, 0.05) is 18.9 Å². The summed E-state index contributed by atoms with van der Waals surface area (Å²) in [7, 11) is 0. The molecular formula is C13H16N5O6-. The van der Waals surface area contributed by atoms with Crippen LogP contribution in [-0.2, 0) is 9.53 Å². The van der Waals surface area contributed by atoms with E-state index in [4.69, 9.17) is 9.84 Å². The molecule has 11 nitrogen and oxygen atoms in total. The van der Waals surface area contributed by atoms with Gasteiger partial charge in [-0.1, -0.05) is 0 Å². The Morgan fingerprint density at radius 1 is 1.33 bits per heavy atom. The second-order valence-electron chi connectivity index (χ2n) is 5.32. The molecule has 1 aliphatic rings. The number of aliphatic carboxylic acids is 1. The number of imidazole rings is 1. The van der Waals surface area contributed by atoms with Gasteiger partial charge in [0.05, 0.1) is 12.9 Å². The molecular weight excluding hydrogens is 322 g/mol. The van der Waals surface area contributed by atoms with E-state index in [2.05, 4.69) is 20.3 Å². The quantitative estimate of drug-likeness (QED) is 0.426. The van der Waals surface area contributed by atoms with Crippen LogP contribution in [-0.4, -0.2) is 72.3 Å². The monoisotopic (exact) mass is 338 g/mol. The normalized spacial score (nSPS) is 26.8. The molecule has 3 rings (SSSR count). The maximum atomic E-state index is 10.5. The van der Waals surface area contributed by atoms with Crippen LogP contribution in [0.15, 0.2) is 12.7 Å². The summed E-state index contributed by atoms with van der Waals surface area (Å²) < 4.78 is 6.87. The smallest absolute Gasteiger partial charge is 0.167 e. The number of carboxylic acid groups (broad SMARTS) is 1. The number of aliphatic hydroxyl groups excluding tert-OH is 3. The maximum Gasteiger partial charge on any atom is 0.167 e. The first-order valence-corrected chi connectivity index (χ1v) is 7.26. The number of rotatable bonds is 6. The number of hydrogen-bond acceptors (Lipinski definition) is 10. The first-order valence-electron chi connectivity index (χ1n) is 7.26. The number of fused-ring (bicyclic) bond motifs is 1. The molecule has 1 fully saturated rings. The lowest BCUT2D eigenvalue weighted by Crippen LogP contribution is -2.33. The molecule has 24 heavy (non-hydrogen) atoms. The molecule has 0 saturated carbocycles. The van der Waals surface area contributed by atoms with Gasteiger partial charge in [0.25, 0.3) is 0 Å². The van der Waals surface area contributed by atoms with E-state index in [0.29, 0.717) is 17.0 Å². The van der Waals surface area contributed by atoms with Crippen molar-refractivity contribution >= 4 is 23.0 Å². The van der Waals surface area contributed by atoms with Gasteiger partial charge in [-0.25, -0.2) is 15.0 Å². The zero-order valence-electron chi connectivity index (χ0n) is 12.4. The molecule has 1 aliphatic heterocycles. The fourth-order valence-electron chi connectivity index (χ4n) is 2.56. The van der Waals surface area contributed by atoms with E-state index in [-0.39, 0.29) is 13.0 Å². The summed E-state index contributed by atoms with van der Waals surface area (Å²) in [6.07, 6.45) is -1.95. The van der Waals surface area contributed by atoms with Crippen molar-refractivity contribution in [3.05, 3.63) is 12.7 Å². The highest BCUT2D eigenvalue weighted by Crippen LogP contribution is 2.31. The summed E-state index contributed by atoms with van der Waals surface area (Å²) >= 11 is 0. The molecule has 0 aromatic carbocycles. The second-order valence-corrected chi connectivity index (χ2v) is 5.32. The van der Waals surface area contributed by atoms with Crippen molar-refractivity contribution in [3.63, 3.8) is 0 Å². The minimum Gasteiger partial charge on any atom is -0.550 e. The number of carbonyl (C=O) groups excluding carboxylic acids is 1. The molecule has 11 heteroatoms. The average Bonchev–Trinajstić information content (AvgIpc) is 3.10. The standard InChI is InChI=1S/C13H17N5O6/c19-3-6-9(22)10(23)13(24-6)18-5-17-8-11(14-2-1-7(20)21)15-4-16-12(8)18/h4-6,9-10,13,19,22-23H,1-3H2,(H,20,21)(H,14,15,16)/p-1/t6-,9+,10-,13+/m0/s1. The van der Waals surface area contributed by atoms with E-state index in [0.717, 1.165) is 0 Å². The van der Waals surface area contributed by atoms with Gasteiger partial charge in [-0.05, 0) is 0 Å². The Bertz CT molecular complexity index is 737. The Morgan fingerprint density at radius 3 is 2.79 bits per heavy atom. The maximum absolute atomic E-state index is 10.5. The molecule has 4 atom stereocenters. The van der Waals surface area contributed by atoms with Crippen molar-refractivity contribution in [2.45, 2.75) is 31.0 Å². The molecule has 0 aliphatic carbocycles. The van der Waals surface area contributed by atoms with Gasteiger partial charge in [0.2, 0.25) is 0 Å². The Morgan fingerprint density at radius 2 is 2.12 bits per heavy atom. The molecule has 2 aromatic heterocycles. The molecule has 0 radical (unpaired) electrons. The summed E-state index contributed by atoms with van der Waals surface area (Å²) in [5, 5.41) is 42.4. The summed E-state index contributed by atoms with van der Waals surface area (Å²) in [6.45, 7) is -0.332. The molecule has 2 aromatic rings. The number of nitrogens with one attached hydrogen (secondary N) is 1. The Labute approximate surface area is 135 Å². The molecule has 0 unspecified atom stereocenters.